The molecule has 0 aliphatic rings. The second kappa shape index (κ2) is 4.32. The van der Waals surface area contributed by atoms with Gasteiger partial charge in [-0.2, -0.15) is 0 Å². The average molecular weight is 290 g/mol. The molecule has 0 aliphatic heterocycles. The summed E-state index contributed by atoms with van der Waals surface area (Å²) < 4.78 is 25.9. The highest BCUT2D eigenvalue weighted by Crippen LogP contribution is 2.31. The summed E-state index contributed by atoms with van der Waals surface area (Å²) in [6, 6.07) is 13.4. The lowest BCUT2D eigenvalue weighted by Gasteiger charge is -2.04. The lowest BCUT2D eigenvalue weighted by atomic mass is 10.3. The van der Waals surface area contributed by atoms with Crippen LogP contribution in [0, 0.1) is 0 Å². The number of thiazole rings is 1. The first-order chi connectivity index (χ1) is 9.09. The van der Waals surface area contributed by atoms with Crippen LogP contribution in [-0.4, -0.2) is 13.4 Å². The molecule has 0 amide bonds. The van der Waals surface area contributed by atoms with Crippen molar-refractivity contribution in [3.05, 3.63) is 48.5 Å². The number of hydrogen-bond donors (Lipinski definition) is 1. The van der Waals surface area contributed by atoms with E-state index >= 15 is 0 Å². The third-order valence-corrected chi connectivity index (χ3v) is 5.39. The van der Waals surface area contributed by atoms with Gasteiger partial charge in [-0.25, -0.2) is 13.4 Å². The van der Waals surface area contributed by atoms with E-state index in [1.54, 1.807) is 42.5 Å². The third-order valence-electron chi connectivity index (χ3n) is 2.74. The molecule has 2 N–H and O–H groups in total. The summed E-state index contributed by atoms with van der Waals surface area (Å²) in [6.45, 7) is 0. The SMILES string of the molecule is Nc1nc2c(S(=O)(=O)c3ccccc3)cccc2s1. The summed E-state index contributed by atoms with van der Waals surface area (Å²) in [7, 11) is -3.56. The summed E-state index contributed by atoms with van der Waals surface area (Å²) in [4.78, 5) is 4.58. The predicted molar refractivity (Wildman–Crippen MR) is 75.9 cm³/mol. The number of sulfone groups is 1. The molecule has 0 atom stereocenters. The predicted octanol–water partition coefficient (Wildman–Crippen LogP) is 2.71. The topological polar surface area (TPSA) is 73.0 Å². The fourth-order valence-electron chi connectivity index (χ4n) is 1.88. The Bertz CT molecular complexity index is 839. The van der Waals surface area contributed by atoms with Crippen LogP contribution in [0.25, 0.3) is 10.2 Å². The van der Waals surface area contributed by atoms with E-state index in [1.165, 1.54) is 11.3 Å². The fourth-order valence-corrected chi connectivity index (χ4v) is 4.15. The Labute approximate surface area is 114 Å². The number of benzene rings is 2. The lowest BCUT2D eigenvalue weighted by Crippen LogP contribution is -2.02. The zero-order valence-electron chi connectivity index (χ0n) is 9.78. The van der Waals surface area contributed by atoms with Gasteiger partial charge in [0.2, 0.25) is 9.84 Å². The summed E-state index contributed by atoms with van der Waals surface area (Å²) in [5.41, 5.74) is 6.09. The molecule has 3 aromatic rings. The van der Waals surface area contributed by atoms with Crippen molar-refractivity contribution in [2.75, 3.05) is 5.73 Å². The number of nitrogens with zero attached hydrogens (tertiary/aromatic N) is 1. The molecule has 0 spiro atoms. The minimum absolute atomic E-state index is 0.198. The maximum absolute atomic E-state index is 12.6. The molecular formula is C13H10N2O2S2. The van der Waals surface area contributed by atoms with Gasteiger partial charge in [-0.1, -0.05) is 35.6 Å². The monoisotopic (exact) mass is 290 g/mol. The Kier molecular flexibility index (Phi) is 2.76. The first-order valence-electron chi connectivity index (χ1n) is 5.54. The lowest BCUT2D eigenvalue weighted by molar-refractivity contribution is 0.597. The molecule has 6 heteroatoms. The van der Waals surface area contributed by atoms with Crippen molar-refractivity contribution in [2.45, 2.75) is 9.79 Å². The molecule has 0 fully saturated rings. The molecule has 1 aromatic heterocycles. The highest BCUT2D eigenvalue weighted by Gasteiger charge is 2.21. The van der Waals surface area contributed by atoms with Crippen LogP contribution in [0.4, 0.5) is 5.13 Å². The van der Waals surface area contributed by atoms with E-state index < -0.39 is 9.84 Å². The van der Waals surface area contributed by atoms with Gasteiger partial charge in [-0.3, -0.25) is 0 Å². The van der Waals surface area contributed by atoms with Crippen LogP contribution in [0.1, 0.15) is 0 Å². The molecular weight excluding hydrogens is 280 g/mol. The number of rotatable bonds is 2. The first-order valence-corrected chi connectivity index (χ1v) is 7.84. The van der Waals surface area contributed by atoms with Crippen molar-refractivity contribution in [1.29, 1.82) is 0 Å². The Morgan fingerprint density at radius 3 is 2.47 bits per heavy atom. The summed E-state index contributed by atoms with van der Waals surface area (Å²) in [5, 5.41) is 0.366. The molecule has 0 radical (unpaired) electrons. The Balaban J connectivity index is 2.30. The summed E-state index contributed by atoms with van der Waals surface area (Å²) >= 11 is 1.28. The van der Waals surface area contributed by atoms with Crippen LogP contribution < -0.4 is 5.73 Å². The van der Waals surface area contributed by atoms with E-state index in [2.05, 4.69) is 4.98 Å². The zero-order chi connectivity index (χ0) is 13.5. The van der Waals surface area contributed by atoms with Crippen molar-refractivity contribution < 1.29 is 8.42 Å². The van der Waals surface area contributed by atoms with E-state index in [0.717, 1.165) is 4.70 Å². The van der Waals surface area contributed by atoms with E-state index in [-0.39, 0.29) is 9.79 Å². The Hall–Kier alpha value is -1.92. The van der Waals surface area contributed by atoms with Crippen LogP contribution in [0.5, 0.6) is 0 Å². The molecule has 3 rings (SSSR count). The molecule has 96 valence electrons. The number of hydrogen-bond acceptors (Lipinski definition) is 5. The zero-order valence-corrected chi connectivity index (χ0v) is 11.4. The van der Waals surface area contributed by atoms with Gasteiger partial charge < -0.3 is 5.73 Å². The molecule has 4 nitrogen and oxygen atoms in total. The largest absolute Gasteiger partial charge is 0.375 e. The smallest absolute Gasteiger partial charge is 0.208 e. The highest BCUT2D eigenvalue weighted by molar-refractivity contribution is 7.91. The quantitative estimate of drug-likeness (QED) is 0.787. The molecule has 19 heavy (non-hydrogen) atoms. The maximum Gasteiger partial charge on any atom is 0.208 e. The van der Waals surface area contributed by atoms with Crippen molar-refractivity contribution in [3.63, 3.8) is 0 Å². The normalized spacial score (nSPS) is 11.8. The maximum atomic E-state index is 12.6. The van der Waals surface area contributed by atoms with Crippen molar-refractivity contribution in [1.82, 2.24) is 4.98 Å². The van der Waals surface area contributed by atoms with Crippen molar-refractivity contribution >= 4 is 36.5 Å². The number of para-hydroxylation sites is 1. The number of aromatic nitrogens is 1. The standard InChI is InChI=1S/C13H10N2O2S2/c14-13-15-12-10(18-13)7-4-8-11(12)19(16,17)9-5-2-1-3-6-9/h1-8H,(H2,14,15). The van der Waals surface area contributed by atoms with Gasteiger partial charge in [0, 0.05) is 0 Å². The second-order valence-corrected chi connectivity index (χ2v) is 6.95. The number of anilines is 1. The number of fused-ring (bicyclic) bond motifs is 1. The van der Waals surface area contributed by atoms with Crippen LogP contribution in [0.3, 0.4) is 0 Å². The molecule has 1 heterocycles. The molecule has 0 bridgehead atoms. The van der Waals surface area contributed by atoms with Gasteiger partial charge in [-0.15, -0.1) is 0 Å². The summed E-state index contributed by atoms with van der Waals surface area (Å²) in [5.74, 6) is 0. The molecule has 0 unspecified atom stereocenters. The van der Waals surface area contributed by atoms with Crippen molar-refractivity contribution in [3.8, 4) is 0 Å². The fraction of sp³-hybridized carbons (Fsp3) is 0. The van der Waals surface area contributed by atoms with E-state index in [9.17, 15) is 8.42 Å². The molecule has 0 saturated carbocycles. The summed E-state index contributed by atoms with van der Waals surface area (Å²) in [6.07, 6.45) is 0. The average Bonchev–Trinajstić information content (AvgIpc) is 2.79. The van der Waals surface area contributed by atoms with Gasteiger partial charge in [0.15, 0.2) is 5.13 Å². The van der Waals surface area contributed by atoms with Crippen LogP contribution in [0.2, 0.25) is 0 Å². The first kappa shape index (κ1) is 12.1. The second-order valence-electron chi connectivity index (χ2n) is 3.97. The minimum atomic E-state index is -3.56. The van der Waals surface area contributed by atoms with E-state index in [1.807, 2.05) is 6.07 Å². The van der Waals surface area contributed by atoms with E-state index in [0.29, 0.717) is 10.6 Å². The van der Waals surface area contributed by atoms with Crippen LogP contribution in [0.15, 0.2) is 58.3 Å². The third kappa shape index (κ3) is 1.98. The Morgan fingerprint density at radius 1 is 1.00 bits per heavy atom. The minimum Gasteiger partial charge on any atom is -0.375 e. The molecule has 0 aliphatic carbocycles. The van der Waals surface area contributed by atoms with Crippen LogP contribution in [-0.2, 0) is 9.84 Å². The van der Waals surface area contributed by atoms with Gasteiger partial charge in [0.05, 0.1) is 14.5 Å². The Morgan fingerprint density at radius 2 is 1.74 bits per heavy atom. The van der Waals surface area contributed by atoms with Crippen LogP contribution >= 0.6 is 11.3 Å². The number of nitrogens with two attached hydrogens (primary N) is 1. The van der Waals surface area contributed by atoms with E-state index in [4.69, 9.17) is 5.73 Å². The molecule has 2 aromatic carbocycles. The molecule has 0 saturated heterocycles. The highest BCUT2D eigenvalue weighted by atomic mass is 32.2. The number of nitrogen functional groups attached to an aromatic ring is 1. The van der Waals surface area contributed by atoms with Gasteiger partial charge in [-0.05, 0) is 24.3 Å². The van der Waals surface area contributed by atoms with Crippen molar-refractivity contribution in [2.24, 2.45) is 0 Å². The van der Waals surface area contributed by atoms with Gasteiger partial charge in [0.25, 0.3) is 0 Å². The van der Waals surface area contributed by atoms with Gasteiger partial charge >= 0.3 is 0 Å². The van der Waals surface area contributed by atoms with Gasteiger partial charge in [0.1, 0.15) is 5.52 Å².